The number of aromatic nitrogens is 2. The first-order valence-corrected chi connectivity index (χ1v) is 27.2. The zero-order valence-electron chi connectivity index (χ0n) is 47.0. The Bertz CT molecular complexity index is 3070. The molecule has 8 aromatic rings. The van der Waals surface area contributed by atoms with Crippen molar-refractivity contribution in [3.63, 3.8) is 0 Å². The Morgan fingerprint density at radius 1 is 0.368 bits per heavy atom. The van der Waals surface area contributed by atoms with Gasteiger partial charge in [-0.2, -0.15) is 0 Å². The van der Waals surface area contributed by atoms with Crippen LogP contribution in [0.1, 0.15) is 163 Å². The van der Waals surface area contributed by atoms with Crippen molar-refractivity contribution in [3.05, 3.63) is 188 Å². The molecule has 0 spiro atoms. The van der Waals surface area contributed by atoms with Crippen LogP contribution in [-0.4, -0.2) is 46.6 Å². The number of phenols is 2. The van der Waals surface area contributed by atoms with Gasteiger partial charge in [0.05, 0.1) is 26.4 Å². The molecule has 8 heteroatoms. The van der Waals surface area contributed by atoms with Gasteiger partial charge in [0.25, 0.3) is 0 Å². The van der Waals surface area contributed by atoms with E-state index in [4.69, 9.17) is 18.9 Å². The van der Waals surface area contributed by atoms with E-state index in [0.29, 0.717) is 65.0 Å². The first-order chi connectivity index (χ1) is 36.0. The number of benzene rings is 6. The van der Waals surface area contributed by atoms with Gasteiger partial charge in [-0.15, -0.1) is 0 Å². The third-order valence-electron chi connectivity index (χ3n) is 14.8. The molecule has 8 nitrogen and oxygen atoms in total. The Morgan fingerprint density at radius 2 is 0.645 bits per heavy atom. The van der Waals surface area contributed by atoms with Crippen molar-refractivity contribution in [2.75, 3.05) is 26.4 Å². The number of ether oxygens (including phenoxy) is 4. The standard InChI is InChI=1S/C68H78N2O6/c1-65(2,3)53-35-45-31-49-39-55(67(7,8)9)41-51(63(49)75-29-17-27-73-57-23-13-19-43-21-15-25-69-59(43)57)33-47-37-54(66(4,5)6)38-48(62(47)72)34-52-42-56(68(10,11)12)40-50(32-46(36-53)61(45)71)64(52)76-30-18-28-74-58-24-14-20-44-22-16-26-70-60(44)58/h13-16,19-26,35-42,71-72H,17-18,27-34H2,1-12H3. The highest BCUT2D eigenvalue weighted by molar-refractivity contribution is 5.85. The number of phenolic OH excluding ortho intramolecular Hbond substituents is 2. The van der Waals surface area contributed by atoms with Crippen LogP contribution in [0.4, 0.5) is 0 Å². The predicted octanol–water partition coefficient (Wildman–Crippen LogP) is 15.8. The van der Waals surface area contributed by atoms with E-state index < -0.39 is 0 Å². The van der Waals surface area contributed by atoms with E-state index in [2.05, 4.69) is 142 Å². The summed E-state index contributed by atoms with van der Waals surface area (Å²) < 4.78 is 26.8. The molecule has 2 aromatic heterocycles. The molecule has 0 fully saturated rings. The van der Waals surface area contributed by atoms with Crippen LogP contribution in [0.25, 0.3) is 21.8 Å². The summed E-state index contributed by atoms with van der Waals surface area (Å²) >= 11 is 0. The molecule has 8 bridgehead atoms. The third-order valence-corrected chi connectivity index (χ3v) is 14.8. The number of hydrogen-bond acceptors (Lipinski definition) is 8. The van der Waals surface area contributed by atoms with Gasteiger partial charge in [0, 0.05) is 61.7 Å². The number of rotatable bonds is 12. The summed E-state index contributed by atoms with van der Waals surface area (Å²) in [5, 5.41) is 27.7. The fourth-order valence-electron chi connectivity index (χ4n) is 10.2. The Labute approximate surface area is 451 Å². The largest absolute Gasteiger partial charge is 0.507 e. The fraction of sp³-hybridized carbons (Fsp3) is 0.382. The summed E-state index contributed by atoms with van der Waals surface area (Å²) in [5.41, 5.74) is 12.6. The Morgan fingerprint density at radius 3 is 0.947 bits per heavy atom. The lowest BCUT2D eigenvalue weighted by molar-refractivity contribution is 0.246. The average Bonchev–Trinajstić information content (AvgIpc) is 3.35. The molecule has 6 aromatic carbocycles. The summed E-state index contributed by atoms with van der Waals surface area (Å²) in [4.78, 5) is 9.20. The van der Waals surface area contributed by atoms with Crippen molar-refractivity contribution in [1.82, 2.24) is 9.97 Å². The maximum atomic E-state index is 12.8. The summed E-state index contributed by atoms with van der Waals surface area (Å²) in [6, 6.07) is 37.8. The fourth-order valence-corrected chi connectivity index (χ4v) is 10.2. The molecular weight excluding hydrogens is 941 g/mol. The van der Waals surface area contributed by atoms with Gasteiger partial charge in [0.15, 0.2) is 0 Å². The molecule has 1 aliphatic carbocycles. The molecule has 1 aliphatic rings. The molecular formula is C68H78N2O6. The summed E-state index contributed by atoms with van der Waals surface area (Å²) in [6.45, 7) is 28.5. The zero-order valence-corrected chi connectivity index (χ0v) is 47.0. The molecule has 0 amide bonds. The van der Waals surface area contributed by atoms with E-state index in [9.17, 15) is 10.2 Å². The molecule has 0 radical (unpaired) electrons. The molecule has 76 heavy (non-hydrogen) atoms. The number of hydrogen-bond donors (Lipinski definition) is 2. The lowest BCUT2D eigenvalue weighted by atomic mass is 9.79. The Balaban J connectivity index is 1.16. The molecule has 0 unspecified atom stereocenters. The summed E-state index contributed by atoms with van der Waals surface area (Å²) in [7, 11) is 0. The number of nitrogens with zero attached hydrogens (tertiary/aromatic N) is 2. The second kappa shape index (κ2) is 21.5. The van der Waals surface area contributed by atoms with Gasteiger partial charge in [-0.25, -0.2) is 0 Å². The topological polar surface area (TPSA) is 103 Å². The molecule has 2 N–H and O–H groups in total. The van der Waals surface area contributed by atoms with Crippen LogP contribution in [0.3, 0.4) is 0 Å². The maximum absolute atomic E-state index is 12.8. The first-order valence-electron chi connectivity index (χ1n) is 27.2. The zero-order chi connectivity index (χ0) is 54.2. The van der Waals surface area contributed by atoms with E-state index >= 15 is 0 Å². The smallest absolute Gasteiger partial charge is 0.145 e. The molecule has 0 saturated carbocycles. The highest BCUT2D eigenvalue weighted by Crippen LogP contribution is 2.44. The third kappa shape index (κ3) is 12.1. The van der Waals surface area contributed by atoms with Crippen molar-refractivity contribution >= 4 is 21.8 Å². The van der Waals surface area contributed by atoms with E-state index in [-0.39, 0.29) is 33.2 Å². The second-order valence-electron chi connectivity index (χ2n) is 25.0. The van der Waals surface area contributed by atoms with Gasteiger partial charge < -0.3 is 29.2 Å². The quantitative estimate of drug-likeness (QED) is 0.117. The van der Waals surface area contributed by atoms with Gasteiger partial charge in [0.1, 0.15) is 45.5 Å². The van der Waals surface area contributed by atoms with Crippen LogP contribution in [0.15, 0.2) is 122 Å². The van der Waals surface area contributed by atoms with E-state index in [0.717, 1.165) is 112 Å². The number of aromatic hydroxyl groups is 2. The summed E-state index contributed by atoms with van der Waals surface area (Å²) in [6.07, 6.45) is 6.54. The van der Waals surface area contributed by atoms with Crippen molar-refractivity contribution in [2.45, 2.75) is 143 Å². The molecule has 0 saturated heterocycles. The van der Waals surface area contributed by atoms with E-state index in [1.165, 1.54) is 0 Å². The van der Waals surface area contributed by atoms with Crippen LogP contribution in [0.2, 0.25) is 0 Å². The van der Waals surface area contributed by atoms with Crippen LogP contribution >= 0.6 is 0 Å². The number of para-hydroxylation sites is 2. The first kappa shape index (κ1) is 53.8. The SMILES string of the molecule is CC(C)(C)c1cc2c(O)c(c1)Cc1cc(C(C)(C)C)cc(c1OCCCOc1cccc3cccnc13)Cc1cc(C(C)(C)C)cc(c1O)Cc1cc(C(C)(C)C)cc(c1OCCCOc1cccc3cccnc13)C2. The average molecular weight is 1020 g/mol. The van der Waals surface area contributed by atoms with E-state index in [1.807, 2.05) is 60.7 Å². The van der Waals surface area contributed by atoms with E-state index in [1.54, 1.807) is 12.4 Å². The van der Waals surface area contributed by atoms with Gasteiger partial charge in [0.2, 0.25) is 0 Å². The van der Waals surface area contributed by atoms with Gasteiger partial charge in [-0.05, 0) is 113 Å². The minimum atomic E-state index is -0.224. The molecule has 0 atom stereocenters. The van der Waals surface area contributed by atoms with Crippen LogP contribution in [0.5, 0.6) is 34.5 Å². The highest BCUT2D eigenvalue weighted by atomic mass is 16.5. The minimum Gasteiger partial charge on any atom is -0.507 e. The Kier molecular flexibility index (Phi) is 15.2. The number of pyridine rings is 2. The Hall–Kier alpha value is -7.06. The monoisotopic (exact) mass is 1020 g/mol. The van der Waals surface area contributed by atoms with Gasteiger partial charge in [-0.1, -0.05) is 168 Å². The second-order valence-corrected chi connectivity index (χ2v) is 25.0. The van der Waals surface area contributed by atoms with Crippen LogP contribution in [0, 0.1) is 0 Å². The van der Waals surface area contributed by atoms with Gasteiger partial charge in [-0.3, -0.25) is 9.97 Å². The molecule has 396 valence electrons. The van der Waals surface area contributed by atoms with Crippen molar-refractivity contribution in [1.29, 1.82) is 0 Å². The molecule has 0 aliphatic heterocycles. The van der Waals surface area contributed by atoms with Crippen LogP contribution in [-0.2, 0) is 47.3 Å². The lowest BCUT2D eigenvalue weighted by Gasteiger charge is -2.28. The van der Waals surface area contributed by atoms with Crippen molar-refractivity contribution in [3.8, 4) is 34.5 Å². The molecule has 9 rings (SSSR count). The molecule has 2 heterocycles. The normalized spacial score (nSPS) is 13.2. The van der Waals surface area contributed by atoms with Crippen LogP contribution < -0.4 is 18.9 Å². The maximum Gasteiger partial charge on any atom is 0.145 e. The minimum absolute atomic E-state index is 0.215. The van der Waals surface area contributed by atoms with Gasteiger partial charge >= 0.3 is 0 Å². The lowest BCUT2D eigenvalue weighted by Crippen LogP contribution is -2.17. The number of fused-ring (bicyclic) bond motifs is 10. The highest BCUT2D eigenvalue weighted by Gasteiger charge is 2.29. The summed E-state index contributed by atoms with van der Waals surface area (Å²) in [5.74, 6) is 3.58. The van der Waals surface area contributed by atoms with Crippen molar-refractivity contribution in [2.24, 2.45) is 0 Å². The van der Waals surface area contributed by atoms with Crippen molar-refractivity contribution < 1.29 is 29.2 Å². The predicted molar refractivity (Wildman–Crippen MR) is 310 cm³/mol.